The Hall–Kier alpha value is -2.51. The summed E-state index contributed by atoms with van der Waals surface area (Å²) in [4.78, 5) is 23.3. The molecule has 0 spiro atoms. The molecule has 8 nitrogen and oxygen atoms in total. The number of nitro groups is 2. The minimum absolute atomic E-state index is 0.0484. The lowest BCUT2D eigenvalue weighted by Crippen LogP contribution is -1.96. The highest BCUT2D eigenvalue weighted by atomic mass is 16.6. The molecule has 0 atom stereocenters. The van der Waals surface area contributed by atoms with Crippen LogP contribution < -0.4 is 0 Å². The molecule has 0 aliphatic rings. The van der Waals surface area contributed by atoms with E-state index in [1.165, 1.54) is 0 Å². The van der Waals surface area contributed by atoms with Crippen molar-refractivity contribution in [2.45, 2.75) is 6.92 Å². The SMILES string of the molecule is CCN=Cc1cc([N+](=O)[O-])cc([N+](=O)[O-])c1O. The van der Waals surface area contributed by atoms with Gasteiger partial charge in [-0.1, -0.05) is 0 Å². The Labute approximate surface area is 95.5 Å². The van der Waals surface area contributed by atoms with Crippen LogP contribution in [0.2, 0.25) is 0 Å². The lowest BCUT2D eigenvalue weighted by atomic mass is 10.1. The molecule has 0 heterocycles. The average Bonchev–Trinajstić information content (AvgIpc) is 2.26. The second-order valence-electron chi connectivity index (χ2n) is 3.04. The predicted octanol–water partition coefficient (Wildman–Crippen LogP) is 1.65. The van der Waals surface area contributed by atoms with Crippen LogP contribution in [-0.2, 0) is 0 Å². The van der Waals surface area contributed by atoms with E-state index in [9.17, 15) is 25.3 Å². The third-order valence-electron chi connectivity index (χ3n) is 1.92. The lowest BCUT2D eigenvalue weighted by Gasteiger charge is -2.00. The van der Waals surface area contributed by atoms with Crippen molar-refractivity contribution in [2.75, 3.05) is 6.54 Å². The van der Waals surface area contributed by atoms with E-state index >= 15 is 0 Å². The molecule has 0 bridgehead atoms. The third-order valence-corrected chi connectivity index (χ3v) is 1.92. The summed E-state index contributed by atoms with van der Waals surface area (Å²) in [6.45, 7) is 2.12. The third kappa shape index (κ3) is 2.74. The Morgan fingerprint density at radius 3 is 2.47 bits per heavy atom. The van der Waals surface area contributed by atoms with Crippen molar-refractivity contribution in [2.24, 2.45) is 4.99 Å². The van der Waals surface area contributed by atoms with Crippen LogP contribution in [0.15, 0.2) is 17.1 Å². The van der Waals surface area contributed by atoms with E-state index in [0.29, 0.717) is 12.6 Å². The summed E-state index contributed by atoms with van der Waals surface area (Å²) in [7, 11) is 0. The summed E-state index contributed by atoms with van der Waals surface area (Å²) in [5.74, 6) is -0.627. The molecule has 0 aliphatic carbocycles. The number of aromatic hydroxyl groups is 1. The molecule has 0 unspecified atom stereocenters. The predicted molar refractivity (Wildman–Crippen MR) is 59.6 cm³/mol. The van der Waals surface area contributed by atoms with Crippen LogP contribution >= 0.6 is 0 Å². The molecule has 1 N–H and O–H groups in total. The summed E-state index contributed by atoms with van der Waals surface area (Å²) in [5.41, 5.74) is -1.23. The molecule has 0 radical (unpaired) electrons. The van der Waals surface area contributed by atoms with E-state index < -0.39 is 27.0 Å². The van der Waals surface area contributed by atoms with E-state index in [-0.39, 0.29) is 5.56 Å². The van der Waals surface area contributed by atoms with E-state index in [1.807, 2.05) is 0 Å². The first-order valence-electron chi connectivity index (χ1n) is 4.63. The highest BCUT2D eigenvalue weighted by Gasteiger charge is 2.22. The molecule has 8 heteroatoms. The number of hydrogen-bond donors (Lipinski definition) is 1. The van der Waals surface area contributed by atoms with Gasteiger partial charge in [-0.05, 0) is 6.92 Å². The fourth-order valence-corrected chi connectivity index (χ4v) is 1.16. The number of nitrogens with zero attached hydrogens (tertiary/aromatic N) is 3. The van der Waals surface area contributed by atoms with E-state index in [2.05, 4.69) is 4.99 Å². The molecule has 1 aromatic rings. The summed E-state index contributed by atoms with van der Waals surface area (Å²) < 4.78 is 0. The summed E-state index contributed by atoms with van der Waals surface area (Å²) in [6.07, 6.45) is 1.16. The van der Waals surface area contributed by atoms with Crippen LogP contribution in [0.25, 0.3) is 0 Å². The maximum atomic E-state index is 10.6. The standard InChI is InChI=1S/C9H9N3O5/c1-2-10-5-6-3-7(11(14)15)4-8(9(6)13)12(16)17/h3-5,13H,2H2,1H3. The van der Waals surface area contributed by atoms with Crippen molar-refractivity contribution in [3.05, 3.63) is 37.9 Å². The minimum Gasteiger partial charge on any atom is -0.502 e. The van der Waals surface area contributed by atoms with Crippen molar-refractivity contribution >= 4 is 17.6 Å². The zero-order chi connectivity index (χ0) is 13.0. The lowest BCUT2D eigenvalue weighted by molar-refractivity contribution is -0.394. The van der Waals surface area contributed by atoms with Gasteiger partial charge in [0.2, 0.25) is 5.75 Å². The zero-order valence-electron chi connectivity index (χ0n) is 8.86. The number of rotatable bonds is 4. The quantitative estimate of drug-likeness (QED) is 0.486. The normalized spacial score (nSPS) is 10.6. The van der Waals surface area contributed by atoms with Gasteiger partial charge in [-0.25, -0.2) is 0 Å². The second-order valence-corrected chi connectivity index (χ2v) is 3.04. The first-order chi connectivity index (χ1) is 7.97. The minimum atomic E-state index is -0.883. The number of aliphatic imine (C=N–C) groups is 1. The second kappa shape index (κ2) is 5.01. The molecule has 0 saturated heterocycles. The van der Waals surface area contributed by atoms with Crippen LogP contribution in [0, 0.1) is 20.2 Å². The Bertz CT molecular complexity index is 498. The highest BCUT2D eigenvalue weighted by Crippen LogP contribution is 2.33. The van der Waals surface area contributed by atoms with E-state index in [4.69, 9.17) is 0 Å². The number of hydrogen-bond acceptors (Lipinski definition) is 6. The molecule has 90 valence electrons. The van der Waals surface area contributed by atoms with Gasteiger partial charge in [0.25, 0.3) is 5.69 Å². The fraction of sp³-hybridized carbons (Fsp3) is 0.222. The van der Waals surface area contributed by atoms with Gasteiger partial charge in [0, 0.05) is 24.4 Å². The van der Waals surface area contributed by atoms with Gasteiger partial charge in [-0.15, -0.1) is 0 Å². The van der Waals surface area contributed by atoms with Crippen LogP contribution in [0.3, 0.4) is 0 Å². The van der Waals surface area contributed by atoms with Crippen LogP contribution in [0.4, 0.5) is 11.4 Å². The van der Waals surface area contributed by atoms with E-state index in [0.717, 1.165) is 12.3 Å². The van der Waals surface area contributed by atoms with Crippen molar-refractivity contribution in [3.63, 3.8) is 0 Å². The zero-order valence-corrected chi connectivity index (χ0v) is 8.86. The Balaban J connectivity index is 3.42. The van der Waals surface area contributed by atoms with Crippen molar-refractivity contribution < 1.29 is 15.0 Å². The number of phenols is 1. The summed E-state index contributed by atoms with van der Waals surface area (Å²) in [5, 5.41) is 30.7. The highest BCUT2D eigenvalue weighted by molar-refractivity contribution is 5.87. The largest absolute Gasteiger partial charge is 0.502 e. The van der Waals surface area contributed by atoms with Crippen LogP contribution in [0.1, 0.15) is 12.5 Å². The van der Waals surface area contributed by atoms with Crippen molar-refractivity contribution in [1.82, 2.24) is 0 Å². The summed E-state index contributed by atoms with van der Waals surface area (Å²) >= 11 is 0. The number of non-ortho nitro benzene ring substituents is 1. The van der Waals surface area contributed by atoms with Crippen LogP contribution in [-0.4, -0.2) is 27.7 Å². The Morgan fingerprint density at radius 1 is 1.35 bits per heavy atom. The molecule has 0 fully saturated rings. The average molecular weight is 239 g/mol. The van der Waals surface area contributed by atoms with Gasteiger partial charge < -0.3 is 5.11 Å². The van der Waals surface area contributed by atoms with Crippen LogP contribution in [0.5, 0.6) is 5.75 Å². The summed E-state index contributed by atoms with van der Waals surface area (Å²) in [6, 6.07) is 1.74. The number of nitro benzene ring substituents is 2. The van der Waals surface area contributed by atoms with Crippen molar-refractivity contribution in [1.29, 1.82) is 0 Å². The number of benzene rings is 1. The Morgan fingerprint density at radius 2 is 2.00 bits per heavy atom. The Kier molecular flexibility index (Phi) is 3.70. The monoisotopic (exact) mass is 239 g/mol. The molecule has 17 heavy (non-hydrogen) atoms. The van der Waals surface area contributed by atoms with Gasteiger partial charge in [0.1, 0.15) is 0 Å². The van der Waals surface area contributed by atoms with Gasteiger partial charge in [-0.2, -0.15) is 0 Å². The topological polar surface area (TPSA) is 119 Å². The molecule has 1 aromatic carbocycles. The van der Waals surface area contributed by atoms with E-state index in [1.54, 1.807) is 6.92 Å². The van der Waals surface area contributed by atoms with Gasteiger partial charge in [0.05, 0.1) is 15.9 Å². The molecule has 0 aromatic heterocycles. The molecule has 0 amide bonds. The fourth-order valence-electron chi connectivity index (χ4n) is 1.16. The maximum Gasteiger partial charge on any atom is 0.318 e. The smallest absolute Gasteiger partial charge is 0.318 e. The molecular weight excluding hydrogens is 230 g/mol. The molecular formula is C9H9N3O5. The molecule has 0 aliphatic heterocycles. The first-order valence-corrected chi connectivity index (χ1v) is 4.63. The van der Waals surface area contributed by atoms with Crippen molar-refractivity contribution in [3.8, 4) is 5.75 Å². The maximum absolute atomic E-state index is 10.6. The van der Waals surface area contributed by atoms with Gasteiger partial charge in [0.15, 0.2) is 0 Å². The first kappa shape index (κ1) is 12.6. The van der Waals surface area contributed by atoms with Gasteiger partial charge >= 0.3 is 5.69 Å². The van der Waals surface area contributed by atoms with Gasteiger partial charge in [-0.3, -0.25) is 25.2 Å². The molecule has 1 rings (SSSR count). The molecule has 0 saturated carbocycles. The number of phenolic OH excluding ortho intramolecular Hbond substituents is 1.